The van der Waals surface area contributed by atoms with Gasteiger partial charge in [0.15, 0.2) is 0 Å². The maximum absolute atomic E-state index is 13.0. The molecule has 7 heteroatoms. The van der Waals surface area contributed by atoms with Crippen LogP contribution in [0.1, 0.15) is 37.8 Å². The number of ketones is 1. The Labute approximate surface area is 193 Å². The number of carbonyl (C=O) groups excluding carboxylic acids is 3. The normalized spacial score (nSPS) is 16.5. The minimum absolute atomic E-state index is 0.0348. The number of fused-ring (bicyclic) bond motifs is 1. The van der Waals surface area contributed by atoms with Gasteiger partial charge in [-0.1, -0.05) is 68.8 Å². The smallest absolute Gasteiger partial charge is 0.327 e. The summed E-state index contributed by atoms with van der Waals surface area (Å²) < 4.78 is 0. The molecule has 33 heavy (non-hydrogen) atoms. The lowest BCUT2D eigenvalue weighted by Crippen LogP contribution is -2.48. The molecule has 174 valence electrons. The average molecular weight is 451 g/mol. The minimum atomic E-state index is -1.09. The lowest BCUT2D eigenvalue weighted by molar-refractivity contribution is -0.139. The zero-order valence-corrected chi connectivity index (χ0v) is 19.0. The van der Waals surface area contributed by atoms with Crippen LogP contribution in [0.3, 0.4) is 0 Å². The maximum atomic E-state index is 13.0. The van der Waals surface area contributed by atoms with Crippen LogP contribution in [0.25, 0.3) is 0 Å². The number of nitrogens with zero attached hydrogens (tertiary/aromatic N) is 1. The van der Waals surface area contributed by atoms with Crippen molar-refractivity contribution >= 4 is 29.3 Å². The van der Waals surface area contributed by atoms with Gasteiger partial charge in [0, 0.05) is 30.9 Å². The molecule has 0 aromatic heterocycles. The zero-order valence-electron chi connectivity index (χ0n) is 19.0. The first kappa shape index (κ1) is 24.2. The average Bonchev–Trinajstić information content (AvgIpc) is 3.21. The van der Waals surface area contributed by atoms with Crippen LogP contribution in [0.2, 0.25) is 0 Å². The van der Waals surface area contributed by atoms with Gasteiger partial charge in [-0.3, -0.25) is 19.3 Å². The van der Waals surface area contributed by atoms with Gasteiger partial charge in [-0.05, 0) is 23.1 Å². The predicted molar refractivity (Wildman–Crippen MR) is 125 cm³/mol. The molecule has 0 saturated heterocycles. The molecule has 0 radical (unpaired) electrons. The number of anilines is 1. The van der Waals surface area contributed by atoms with Gasteiger partial charge < -0.3 is 10.4 Å². The summed E-state index contributed by atoms with van der Waals surface area (Å²) in [5, 5.41) is 12.2. The summed E-state index contributed by atoms with van der Waals surface area (Å²) in [6.07, 6.45) is 1.29. The molecule has 2 N–H and O–H groups in total. The first-order valence-electron chi connectivity index (χ1n) is 11.3. The van der Waals surface area contributed by atoms with Crippen molar-refractivity contribution in [1.29, 1.82) is 0 Å². The van der Waals surface area contributed by atoms with Gasteiger partial charge in [-0.25, -0.2) is 4.79 Å². The lowest BCUT2D eigenvalue weighted by atomic mass is 9.85. The van der Waals surface area contributed by atoms with Crippen LogP contribution in [-0.2, 0) is 32.0 Å². The highest BCUT2D eigenvalue weighted by molar-refractivity contribution is 6.04. The number of nitrogens with one attached hydrogen (secondary N) is 1. The Kier molecular flexibility index (Phi) is 7.98. The molecular weight excluding hydrogens is 420 g/mol. The number of hydrogen-bond acceptors (Lipinski definition) is 4. The van der Waals surface area contributed by atoms with E-state index in [1.54, 1.807) is 24.3 Å². The third-order valence-corrected chi connectivity index (χ3v) is 6.30. The summed E-state index contributed by atoms with van der Waals surface area (Å²) in [6.45, 7) is 3.55. The topological polar surface area (TPSA) is 104 Å². The first-order chi connectivity index (χ1) is 15.8. The van der Waals surface area contributed by atoms with Gasteiger partial charge >= 0.3 is 5.97 Å². The number of carboxylic acid groups (broad SMARTS) is 1. The SMILES string of the molecule is CC[C@H](C)[C@H](CC(=O)Cc1ccccc1)C(=O)NCC(=O)N1c2ccccc2C[C@H]1C(=O)O. The van der Waals surface area contributed by atoms with E-state index in [9.17, 15) is 24.3 Å². The molecule has 0 unspecified atom stereocenters. The Morgan fingerprint density at radius 1 is 1.06 bits per heavy atom. The van der Waals surface area contributed by atoms with Gasteiger partial charge in [0.2, 0.25) is 11.8 Å². The van der Waals surface area contributed by atoms with Crippen molar-refractivity contribution in [2.45, 2.75) is 45.6 Å². The van der Waals surface area contributed by atoms with Crippen LogP contribution in [-0.4, -0.2) is 41.3 Å². The second-order valence-corrected chi connectivity index (χ2v) is 8.57. The van der Waals surface area contributed by atoms with Gasteiger partial charge in [0.05, 0.1) is 6.54 Å². The van der Waals surface area contributed by atoms with Crippen LogP contribution in [0.15, 0.2) is 54.6 Å². The molecule has 0 spiro atoms. The van der Waals surface area contributed by atoms with Crippen molar-refractivity contribution in [2.75, 3.05) is 11.4 Å². The van der Waals surface area contributed by atoms with E-state index in [0.717, 1.165) is 11.1 Å². The van der Waals surface area contributed by atoms with E-state index in [1.165, 1.54) is 4.90 Å². The van der Waals surface area contributed by atoms with Gasteiger partial charge in [0.25, 0.3) is 0 Å². The molecule has 1 heterocycles. The van der Waals surface area contributed by atoms with E-state index >= 15 is 0 Å². The highest BCUT2D eigenvalue weighted by Gasteiger charge is 2.38. The van der Waals surface area contributed by atoms with Crippen LogP contribution in [0, 0.1) is 11.8 Å². The Morgan fingerprint density at radius 3 is 2.39 bits per heavy atom. The van der Waals surface area contributed by atoms with Gasteiger partial charge in [-0.15, -0.1) is 0 Å². The van der Waals surface area contributed by atoms with Crippen molar-refractivity contribution in [2.24, 2.45) is 11.8 Å². The largest absolute Gasteiger partial charge is 0.480 e. The Morgan fingerprint density at radius 2 is 1.73 bits per heavy atom. The fourth-order valence-electron chi connectivity index (χ4n) is 4.25. The molecule has 2 aromatic rings. The minimum Gasteiger partial charge on any atom is -0.480 e. The second kappa shape index (κ2) is 10.9. The van der Waals surface area contributed by atoms with Crippen molar-refractivity contribution in [1.82, 2.24) is 5.32 Å². The molecule has 0 fully saturated rings. The summed E-state index contributed by atoms with van der Waals surface area (Å²) in [6, 6.07) is 15.4. The van der Waals surface area contributed by atoms with E-state index in [4.69, 9.17) is 0 Å². The molecule has 0 bridgehead atoms. The number of carboxylic acids is 1. The number of amides is 2. The lowest BCUT2D eigenvalue weighted by Gasteiger charge is -2.25. The molecule has 1 aliphatic heterocycles. The second-order valence-electron chi connectivity index (χ2n) is 8.57. The third-order valence-electron chi connectivity index (χ3n) is 6.30. The van der Waals surface area contributed by atoms with Crippen LogP contribution in [0.5, 0.6) is 0 Å². The van der Waals surface area contributed by atoms with Crippen LogP contribution in [0.4, 0.5) is 5.69 Å². The zero-order chi connectivity index (χ0) is 24.0. The summed E-state index contributed by atoms with van der Waals surface area (Å²) in [5.41, 5.74) is 2.24. The standard InChI is InChI=1S/C26H30N2O5/c1-3-17(2)21(15-20(29)13-18-9-5-4-6-10-18)25(31)27-16-24(30)28-22-12-8-7-11-19(22)14-23(28)26(32)33/h4-12,17,21,23H,3,13-16H2,1-2H3,(H,27,31)(H,32,33)/t17-,21-,23-/m0/s1. The molecule has 0 aliphatic carbocycles. The quantitative estimate of drug-likeness (QED) is 0.579. The van der Waals surface area contributed by atoms with E-state index in [-0.39, 0.29) is 43.4 Å². The van der Waals surface area contributed by atoms with Crippen molar-refractivity contribution in [3.63, 3.8) is 0 Å². The Hall–Kier alpha value is -3.48. The molecule has 3 rings (SSSR count). The van der Waals surface area contributed by atoms with E-state index < -0.39 is 23.8 Å². The number of aliphatic carboxylic acids is 1. The highest BCUT2D eigenvalue weighted by atomic mass is 16.4. The Bertz CT molecular complexity index is 1020. The third kappa shape index (κ3) is 5.86. The van der Waals surface area contributed by atoms with Gasteiger partial charge in [-0.2, -0.15) is 0 Å². The summed E-state index contributed by atoms with van der Waals surface area (Å²) in [5.74, 6) is -2.57. The maximum Gasteiger partial charge on any atom is 0.327 e. The highest BCUT2D eigenvalue weighted by Crippen LogP contribution is 2.32. The van der Waals surface area contributed by atoms with Crippen LogP contribution >= 0.6 is 0 Å². The number of para-hydroxylation sites is 1. The molecule has 3 atom stereocenters. The van der Waals surface area contributed by atoms with Gasteiger partial charge in [0.1, 0.15) is 11.8 Å². The number of rotatable bonds is 10. The van der Waals surface area contributed by atoms with E-state index in [0.29, 0.717) is 12.1 Å². The van der Waals surface area contributed by atoms with Crippen molar-refractivity contribution in [3.05, 3.63) is 65.7 Å². The first-order valence-corrected chi connectivity index (χ1v) is 11.3. The molecule has 0 saturated carbocycles. The number of hydrogen-bond donors (Lipinski definition) is 2. The molecular formula is C26H30N2O5. The van der Waals surface area contributed by atoms with E-state index in [2.05, 4.69) is 5.32 Å². The van der Waals surface area contributed by atoms with Crippen molar-refractivity contribution < 1.29 is 24.3 Å². The monoisotopic (exact) mass is 450 g/mol. The molecule has 2 amide bonds. The fraction of sp³-hybridized carbons (Fsp3) is 0.385. The summed E-state index contributed by atoms with van der Waals surface area (Å²) in [4.78, 5) is 51.5. The van der Waals surface area contributed by atoms with Crippen LogP contribution < -0.4 is 10.2 Å². The number of benzene rings is 2. The Balaban J connectivity index is 1.65. The van der Waals surface area contributed by atoms with E-state index in [1.807, 2.05) is 44.2 Å². The molecule has 7 nitrogen and oxygen atoms in total. The summed E-state index contributed by atoms with van der Waals surface area (Å²) in [7, 11) is 0. The summed E-state index contributed by atoms with van der Waals surface area (Å²) >= 11 is 0. The number of Topliss-reactive ketones (excluding diaryl/α,β-unsaturated/α-hetero) is 1. The number of carbonyl (C=O) groups is 4. The molecule has 1 aliphatic rings. The van der Waals surface area contributed by atoms with Crippen molar-refractivity contribution in [3.8, 4) is 0 Å². The fourth-order valence-corrected chi connectivity index (χ4v) is 4.25. The molecule has 2 aromatic carbocycles. The predicted octanol–water partition coefficient (Wildman–Crippen LogP) is 3.01.